The first kappa shape index (κ1) is 10.3. The standard InChI is InChI=1S/C11H11NO2S/c13-8-12-9-1-3-10(4-2-9)14-11-5-6-15-7-11/h1-4,11H,5-7H2. The lowest BCUT2D eigenvalue weighted by atomic mass is 10.3. The third kappa shape index (κ3) is 2.85. The first-order valence-corrected chi connectivity index (χ1v) is 5.96. The fourth-order valence-electron chi connectivity index (χ4n) is 1.45. The minimum atomic E-state index is 0.329. The van der Waals surface area contributed by atoms with Gasteiger partial charge in [0.25, 0.3) is 0 Å². The largest absolute Gasteiger partial charge is 0.490 e. The summed E-state index contributed by atoms with van der Waals surface area (Å²) in [4.78, 5) is 13.5. The molecule has 1 aliphatic heterocycles. The zero-order valence-corrected chi connectivity index (χ0v) is 9.00. The van der Waals surface area contributed by atoms with Gasteiger partial charge in [0, 0.05) is 5.75 Å². The van der Waals surface area contributed by atoms with Crippen LogP contribution in [-0.2, 0) is 4.79 Å². The van der Waals surface area contributed by atoms with E-state index in [1.807, 2.05) is 23.9 Å². The molecule has 1 aromatic rings. The average Bonchev–Trinajstić information content (AvgIpc) is 2.74. The number of hydrogen-bond acceptors (Lipinski definition) is 4. The fraction of sp³-hybridized carbons (Fsp3) is 0.364. The van der Waals surface area contributed by atoms with Crippen LogP contribution in [0, 0.1) is 0 Å². The quantitative estimate of drug-likeness (QED) is 0.581. The van der Waals surface area contributed by atoms with Crippen LogP contribution in [0.1, 0.15) is 6.42 Å². The van der Waals surface area contributed by atoms with Crippen LogP contribution in [0.3, 0.4) is 0 Å². The van der Waals surface area contributed by atoms with Crippen molar-refractivity contribution in [1.82, 2.24) is 0 Å². The van der Waals surface area contributed by atoms with Crippen molar-refractivity contribution in [1.29, 1.82) is 0 Å². The lowest BCUT2D eigenvalue weighted by molar-refractivity contribution is 0.229. The molecule has 3 nitrogen and oxygen atoms in total. The smallest absolute Gasteiger partial charge is 0.240 e. The van der Waals surface area contributed by atoms with Crippen LogP contribution in [0.5, 0.6) is 5.75 Å². The second kappa shape index (κ2) is 5.01. The van der Waals surface area contributed by atoms with Gasteiger partial charge in [-0.3, -0.25) is 0 Å². The molecular formula is C11H11NO2S. The van der Waals surface area contributed by atoms with Crippen molar-refractivity contribution in [2.75, 3.05) is 11.5 Å². The van der Waals surface area contributed by atoms with E-state index in [4.69, 9.17) is 4.74 Å². The molecule has 0 saturated carbocycles. The summed E-state index contributed by atoms with van der Waals surface area (Å²) in [5, 5.41) is 0. The summed E-state index contributed by atoms with van der Waals surface area (Å²) >= 11 is 1.92. The Hall–Kier alpha value is -1.25. The van der Waals surface area contributed by atoms with Gasteiger partial charge in [-0.2, -0.15) is 16.8 Å². The Morgan fingerprint density at radius 1 is 1.40 bits per heavy atom. The lowest BCUT2D eigenvalue weighted by Crippen LogP contribution is -2.14. The number of carbonyl (C=O) groups excluding carboxylic acids is 1. The number of aliphatic imine (C=N–C) groups is 1. The molecule has 1 unspecified atom stereocenters. The Morgan fingerprint density at radius 3 is 2.80 bits per heavy atom. The Balaban J connectivity index is 1.99. The molecule has 2 rings (SSSR count). The molecule has 78 valence electrons. The molecule has 0 radical (unpaired) electrons. The number of hydrogen-bond donors (Lipinski definition) is 0. The summed E-state index contributed by atoms with van der Waals surface area (Å²) < 4.78 is 5.75. The second-order valence-electron chi connectivity index (χ2n) is 3.30. The van der Waals surface area contributed by atoms with Gasteiger partial charge in [0.05, 0.1) is 5.69 Å². The van der Waals surface area contributed by atoms with E-state index in [2.05, 4.69) is 4.99 Å². The van der Waals surface area contributed by atoms with Crippen LogP contribution in [0.2, 0.25) is 0 Å². The Bertz CT molecular complexity index is 365. The first-order chi connectivity index (χ1) is 7.38. The molecule has 1 saturated heterocycles. The van der Waals surface area contributed by atoms with Gasteiger partial charge in [0.2, 0.25) is 6.08 Å². The topological polar surface area (TPSA) is 38.7 Å². The minimum absolute atomic E-state index is 0.329. The zero-order chi connectivity index (χ0) is 10.5. The highest BCUT2D eigenvalue weighted by molar-refractivity contribution is 7.99. The number of nitrogens with zero attached hydrogens (tertiary/aromatic N) is 1. The fourth-order valence-corrected chi connectivity index (χ4v) is 2.54. The molecule has 0 aliphatic carbocycles. The van der Waals surface area contributed by atoms with Crippen molar-refractivity contribution in [3.63, 3.8) is 0 Å². The number of rotatable bonds is 3. The lowest BCUT2D eigenvalue weighted by Gasteiger charge is -2.11. The number of ether oxygens (including phenoxy) is 1. The average molecular weight is 221 g/mol. The van der Waals surface area contributed by atoms with Crippen molar-refractivity contribution >= 4 is 23.5 Å². The molecular weight excluding hydrogens is 210 g/mol. The predicted molar refractivity (Wildman–Crippen MR) is 60.6 cm³/mol. The highest BCUT2D eigenvalue weighted by Crippen LogP contribution is 2.24. The predicted octanol–water partition coefficient (Wildman–Crippen LogP) is 2.54. The Kier molecular flexibility index (Phi) is 3.43. The molecule has 1 atom stereocenters. The second-order valence-corrected chi connectivity index (χ2v) is 4.45. The summed E-state index contributed by atoms with van der Waals surface area (Å²) in [5.74, 6) is 3.08. The van der Waals surface area contributed by atoms with E-state index < -0.39 is 0 Å². The van der Waals surface area contributed by atoms with Crippen LogP contribution in [-0.4, -0.2) is 23.7 Å². The summed E-state index contributed by atoms with van der Waals surface area (Å²) in [6.07, 6.45) is 2.95. The monoisotopic (exact) mass is 221 g/mol. The molecule has 1 fully saturated rings. The molecule has 4 heteroatoms. The third-order valence-corrected chi connectivity index (χ3v) is 3.33. The minimum Gasteiger partial charge on any atom is -0.490 e. The van der Waals surface area contributed by atoms with Gasteiger partial charge in [0.15, 0.2) is 0 Å². The summed E-state index contributed by atoms with van der Waals surface area (Å²) in [5.41, 5.74) is 0.609. The van der Waals surface area contributed by atoms with E-state index in [1.54, 1.807) is 12.1 Å². The van der Waals surface area contributed by atoms with Gasteiger partial charge < -0.3 is 4.74 Å². The maximum atomic E-state index is 10.0. The van der Waals surface area contributed by atoms with E-state index >= 15 is 0 Å². The molecule has 1 heterocycles. The van der Waals surface area contributed by atoms with Crippen LogP contribution in [0.15, 0.2) is 29.3 Å². The summed E-state index contributed by atoms with van der Waals surface area (Å²) in [7, 11) is 0. The Labute approximate surface area is 92.5 Å². The van der Waals surface area contributed by atoms with Crippen molar-refractivity contribution in [3.05, 3.63) is 24.3 Å². The molecule has 0 aromatic heterocycles. The Morgan fingerprint density at radius 2 is 2.20 bits per heavy atom. The van der Waals surface area contributed by atoms with E-state index in [1.165, 1.54) is 11.8 Å². The molecule has 1 aliphatic rings. The number of benzene rings is 1. The van der Waals surface area contributed by atoms with Crippen LogP contribution < -0.4 is 4.74 Å². The van der Waals surface area contributed by atoms with Gasteiger partial charge in [-0.15, -0.1) is 0 Å². The van der Waals surface area contributed by atoms with E-state index in [0.717, 1.165) is 17.9 Å². The zero-order valence-electron chi connectivity index (χ0n) is 8.18. The van der Waals surface area contributed by atoms with Crippen molar-refractivity contribution in [2.24, 2.45) is 4.99 Å². The third-order valence-electron chi connectivity index (χ3n) is 2.20. The maximum absolute atomic E-state index is 10.0. The number of thioether (sulfide) groups is 1. The van der Waals surface area contributed by atoms with E-state index in [-0.39, 0.29) is 0 Å². The van der Waals surface area contributed by atoms with E-state index in [9.17, 15) is 4.79 Å². The van der Waals surface area contributed by atoms with Crippen molar-refractivity contribution in [3.8, 4) is 5.75 Å². The van der Waals surface area contributed by atoms with Gasteiger partial charge in [-0.1, -0.05) is 0 Å². The molecule has 0 N–H and O–H groups in total. The highest BCUT2D eigenvalue weighted by atomic mass is 32.2. The summed E-state index contributed by atoms with van der Waals surface area (Å²) in [6, 6.07) is 7.17. The SMILES string of the molecule is O=C=Nc1ccc(OC2CCSC2)cc1. The van der Waals surface area contributed by atoms with Gasteiger partial charge in [0.1, 0.15) is 11.9 Å². The van der Waals surface area contributed by atoms with Crippen LogP contribution in [0.25, 0.3) is 0 Å². The normalized spacial score (nSPS) is 19.6. The van der Waals surface area contributed by atoms with Gasteiger partial charge in [-0.05, 0) is 36.4 Å². The van der Waals surface area contributed by atoms with Gasteiger partial charge in [-0.25, -0.2) is 4.79 Å². The van der Waals surface area contributed by atoms with Crippen molar-refractivity contribution in [2.45, 2.75) is 12.5 Å². The molecule has 1 aromatic carbocycles. The van der Waals surface area contributed by atoms with Gasteiger partial charge >= 0.3 is 0 Å². The first-order valence-electron chi connectivity index (χ1n) is 4.81. The number of isocyanates is 1. The highest BCUT2D eigenvalue weighted by Gasteiger charge is 2.16. The molecule has 15 heavy (non-hydrogen) atoms. The van der Waals surface area contributed by atoms with Crippen molar-refractivity contribution < 1.29 is 9.53 Å². The molecule has 0 spiro atoms. The van der Waals surface area contributed by atoms with Crippen LogP contribution >= 0.6 is 11.8 Å². The molecule has 0 amide bonds. The molecule has 0 bridgehead atoms. The van der Waals surface area contributed by atoms with Crippen LogP contribution in [0.4, 0.5) is 5.69 Å². The maximum Gasteiger partial charge on any atom is 0.240 e. The summed E-state index contributed by atoms with van der Waals surface area (Å²) in [6.45, 7) is 0. The van der Waals surface area contributed by atoms with E-state index in [0.29, 0.717) is 11.8 Å².